The van der Waals surface area contributed by atoms with Gasteiger partial charge in [-0.05, 0) is 23.3 Å². The van der Waals surface area contributed by atoms with E-state index in [1.165, 1.54) is 12.1 Å². The minimum Gasteiger partial charge on any atom is -0.236 e. The smallest absolute Gasteiger partial charge is 0.236 e. The molecule has 2 aromatic heterocycles. The maximum absolute atomic E-state index is 13.2. The molecule has 0 saturated heterocycles. The summed E-state index contributed by atoms with van der Waals surface area (Å²) in [6.07, 6.45) is -7.81. The highest BCUT2D eigenvalue weighted by Gasteiger charge is 2.39. The summed E-state index contributed by atoms with van der Waals surface area (Å²) in [7, 11) is 0. The number of hydrogen-bond acceptors (Lipinski definition) is 10. The monoisotopic (exact) mass is 620 g/mol. The average Bonchev–Trinajstić information content (AvgIpc) is 3.52. The molecule has 46 heavy (non-hydrogen) atoms. The summed E-state index contributed by atoms with van der Waals surface area (Å²) in [5, 5.41) is 59.4. The van der Waals surface area contributed by atoms with Crippen molar-refractivity contribution in [1.29, 1.82) is 31.6 Å². The Morgan fingerprint density at radius 2 is 0.804 bits per heavy atom. The normalized spacial score (nSPS) is 13.5. The zero-order chi connectivity index (χ0) is 33.6. The number of fused-ring (bicyclic) bond motifs is 2. The van der Waals surface area contributed by atoms with Crippen molar-refractivity contribution in [2.75, 3.05) is 0 Å². The summed E-state index contributed by atoms with van der Waals surface area (Å²) >= 11 is 0. The summed E-state index contributed by atoms with van der Waals surface area (Å²) in [5.41, 5.74) is -5.37. The van der Waals surface area contributed by atoms with Gasteiger partial charge >= 0.3 is 12.4 Å². The summed E-state index contributed by atoms with van der Waals surface area (Å²) < 4.78 is 79.1. The molecule has 0 N–H and O–H groups in total. The summed E-state index contributed by atoms with van der Waals surface area (Å²) in [5.74, 6) is -0.890. The van der Waals surface area contributed by atoms with Gasteiger partial charge in [0.15, 0.2) is 11.6 Å². The SMILES string of the molecule is N#CC(C#N)=C1C(c2ncc(C(F)(F)F)cn2)=C(C#N)c2cc3c(cc21)C(C#N)=C(c1ncc(C(F)(F)F)cn1)C3=C(C#N)C#N. The highest BCUT2D eigenvalue weighted by atomic mass is 19.4. The van der Waals surface area contributed by atoms with Crippen molar-refractivity contribution in [1.82, 2.24) is 19.9 Å². The molecule has 0 bridgehead atoms. The third-order valence-electron chi connectivity index (χ3n) is 6.81. The van der Waals surface area contributed by atoms with Crippen LogP contribution in [0.15, 0.2) is 48.1 Å². The van der Waals surface area contributed by atoms with Crippen LogP contribution in [0, 0.1) is 68.0 Å². The zero-order valence-corrected chi connectivity index (χ0v) is 22.2. The third-order valence-corrected chi connectivity index (χ3v) is 6.81. The van der Waals surface area contributed by atoms with Crippen LogP contribution in [0.1, 0.15) is 45.0 Å². The number of benzene rings is 1. The number of halogens is 6. The second-order valence-corrected chi connectivity index (χ2v) is 9.20. The highest BCUT2D eigenvalue weighted by molar-refractivity contribution is 6.29. The fourth-order valence-corrected chi connectivity index (χ4v) is 4.90. The van der Waals surface area contributed by atoms with Gasteiger partial charge in [-0.3, -0.25) is 0 Å². The molecule has 0 atom stereocenters. The molecule has 2 aliphatic carbocycles. The number of nitriles is 6. The fourth-order valence-electron chi connectivity index (χ4n) is 4.90. The Labute approximate surface area is 253 Å². The van der Waals surface area contributed by atoms with Crippen LogP contribution >= 0.6 is 0 Å². The third kappa shape index (κ3) is 4.66. The van der Waals surface area contributed by atoms with Crippen molar-refractivity contribution in [2.45, 2.75) is 12.4 Å². The molecule has 0 saturated carbocycles. The number of rotatable bonds is 2. The number of allylic oxidation sites excluding steroid dienone is 8. The van der Waals surface area contributed by atoms with Gasteiger partial charge < -0.3 is 0 Å². The minimum atomic E-state index is -4.80. The van der Waals surface area contributed by atoms with Gasteiger partial charge in [-0.25, -0.2) is 19.9 Å². The van der Waals surface area contributed by atoms with Gasteiger partial charge in [0.25, 0.3) is 0 Å². The molecule has 5 rings (SSSR count). The lowest BCUT2D eigenvalue weighted by atomic mass is 9.91. The molecule has 0 fully saturated rings. The number of aromatic nitrogens is 4. The Morgan fingerprint density at radius 3 is 1.04 bits per heavy atom. The first kappa shape index (κ1) is 30.3. The van der Waals surface area contributed by atoms with E-state index in [-0.39, 0.29) is 55.7 Å². The van der Waals surface area contributed by atoms with Crippen LogP contribution < -0.4 is 0 Å². The van der Waals surface area contributed by atoms with Crippen LogP contribution in [0.2, 0.25) is 0 Å². The number of alkyl halides is 6. The summed E-state index contributed by atoms with van der Waals surface area (Å²) in [6.45, 7) is 0. The van der Waals surface area contributed by atoms with Crippen LogP contribution in [0.3, 0.4) is 0 Å². The van der Waals surface area contributed by atoms with E-state index in [1.807, 2.05) is 12.1 Å². The molecule has 3 aromatic rings. The zero-order valence-electron chi connectivity index (χ0n) is 22.2. The molecule has 0 unspecified atom stereocenters. The van der Waals surface area contributed by atoms with Gasteiger partial charge in [0.1, 0.15) is 47.6 Å². The lowest BCUT2D eigenvalue weighted by Crippen LogP contribution is -2.08. The number of hydrogen-bond donors (Lipinski definition) is 0. The Hall–Kier alpha value is -7.14. The summed E-state index contributed by atoms with van der Waals surface area (Å²) in [4.78, 5) is 14.9. The van der Waals surface area contributed by atoms with E-state index in [0.29, 0.717) is 24.8 Å². The molecule has 2 aliphatic rings. The first-order chi connectivity index (χ1) is 21.8. The molecule has 1 aromatic carbocycles. The second-order valence-electron chi connectivity index (χ2n) is 9.20. The lowest BCUT2D eigenvalue weighted by molar-refractivity contribution is -0.138. The van der Waals surface area contributed by atoms with E-state index in [0.717, 1.165) is 0 Å². The Kier molecular flexibility index (Phi) is 7.15. The topological polar surface area (TPSA) is 194 Å². The van der Waals surface area contributed by atoms with E-state index in [1.54, 1.807) is 24.3 Å². The molecular formula is C30H6F6N10. The first-order valence-corrected chi connectivity index (χ1v) is 12.2. The number of nitrogens with zero attached hydrogens (tertiary/aromatic N) is 10. The molecular weight excluding hydrogens is 614 g/mol. The highest BCUT2D eigenvalue weighted by Crippen LogP contribution is 2.53. The Balaban J connectivity index is 1.85. The predicted octanol–water partition coefficient (Wildman–Crippen LogP) is 5.80. The molecule has 16 heteroatoms. The van der Waals surface area contributed by atoms with Crippen LogP contribution in [0.5, 0.6) is 0 Å². The Bertz CT molecular complexity index is 2070. The van der Waals surface area contributed by atoms with Gasteiger partial charge in [-0.2, -0.15) is 57.9 Å². The minimum absolute atomic E-state index is 0.0240. The Morgan fingerprint density at radius 1 is 0.500 bits per heavy atom. The molecule has 2 heterocycles. The van der Waals surface area contributed by atoms with E-state index in [9.17, 15) is 57.9 Å². The van der Waals surface area contributed by atoms with Gasteiger partial charge in [-0.15, -0.1) is 0 Å². The van der Waals surface area contributed by atoms with Gasteiger partial charge in [0.2, 0.25) is 0 Å². The molecule has 0 amide bonds. The second kappa shape index (κ2) is 10.8. The van der Waals surface area contributed by atoms with Crippen molar-refractivity contribution in [2.24, 2.45) is 0 Å². The quantitative estimate of drug-likeness (QED) is 0.249. The van der Waals surface area contributed by atoms with Crippen LogP contribution in [-0.2, 0) is 12.4 Å². The van der Waals surface area contributed by atoms with Gasteiger partial charge in [-0.1, -0.05) is 0 Å². The molecule has 0 spiro atoms. The van der Waals surface area contributed by atoms with Crippen molar-refractivity contribution in [3.63, 3.8) is 0 Å². The van der Waals surface area contributed by atoms with Crippen LogP contribution in [0.25, 0.3) is 33.4 Å². The first-order valence-electron chi connectivity index (χ1n) is 12.2. The maximum Gasteiger partial charge on any atom is 0.419 e. The fraction of sp³-hybridized carbons (Fsp3) is 0.0667. The van der Waals surface area contributed by atoms with Crippen molar-refractivity contribution >= 4 is 33.4 Å². The van der Waals surface area contributed by atoms with E-state index in [4.69, 9.17) is 0 Å². The van der Waals surface area contributed by atoms with E-state index >= 15 is 0 Å². The maximum atomic E-state index is 13.2. The average molecular weight is 620 g/mol. The van der Waals surface area contributed by atoms with Gasteiger partial charge in [0.05, 0.1) is 22.3 Å². The van der Waals surface area contributed by atoms with Crippen LogP contribution in [0.4, 0.5) is 26.3 Å². The molecule has 10 nitrogen and oxygen atoms in total. The molecule has 0 radical (unpaired) electrons. The van der Waals surface area contributed by atoms with E-state index < -0.39 is 46.3 Å². The summed E-state index contributed by atoms with van der Waals surface area (Å²) in [6, 6.07) is 12.9. The van der Waals surface area contributed by atoms with Crippen molar-refractivity contribution < 1.29 is 26.3 Å². The lowest BCUT2D eigenvalue weighted by Gasteiger charge is -2.11. The standard InChI is InChI=1S/C30H6F6N10/c31-29(32,33)15-9-43-27(44-10-15)25-21(7-41)17-1-19-18(2-20(17)24(25)14(5-39)6-40)22(8-42)26(23(19)13(3-37)4-38)28-45-11-16(12-46-28)30(34,35)36/h1-2,9-12H. The van der Waals surface area contributed by atoms with Crippen molar-refractivity contribution in [3.8, 4) is 36.4 Å². The van der Waals surface area contributed by atoms with E-state index in [2.05, 4.69) is 19.9 Å². The van der Waals surface area contributed by atoms with Crippen molar-refractivity contribution in [3.05, 3.63) is 93.1 Å². The van der Waals surface area contributed by atoms with Crippen LogP contribution in [-0.4, -0.2) is 19.9 Å². The molecule has 0 aliphatic heterocycles. The predicted molar refractivity (Wildman–Crippen MR) is 142 cm³/mol. The van der Waals surface area contributed by atoms with Gasteiger partial charge in [0, 0.05) is 58.2 Å². The largest absolute Gasteiger partial charge is 0.419 e. The molecule has 218 valence electrons.